The van der Waals surface area contributed by atoms with Crippen LogP contribution < -0.4 is 21.3 Å². The minimum atomic E-state index is -0.707. The second kappa shape index (κ2) is 10.0. The number of aromatic nitrogens is 3. The number of carbonyl (C=O) groups excluding carboxylic acids is 2. The highest BCUT2D eigenvalue weighted by atomic mass is 16.1. The molecule has 1 fully saturated rings. The Balaban J connectivity index is 1.86. The lowest BCUT2D eigenvalue weighted by atomic mass is 10.0. The highest BCUT2D eigenvalue weighted by Gasteiger charge is 2.27. The fourth-order valence-electron chi connectivity index (χ4n) is 3.55. The van der Waals surface area contributed by atoms with Gasteiger partial charge in [-0.2, -0.15) is 4.98 Å². The quantitative estimate of drug-likeness (QED) is 0.557. The Bertz CT molecular complexity index is 943. The first kappa shape index (κ1) is 22.2. The Morgan fingerprint density at radius 3 is 2.65 bits per heavy atom. The third-order valence-electron chi connectivity index (χ3n) is 5.33. The summed E-state index contributed by atoms with van der Waals surface area (Å²) in [7, 11) is 0. The predicted molar refractivity (Wildman–Crippen MR) is 120 cm³/mol. The van der Waals surface area contributed by atoms with Gasteiger partial charge in [0.2, 0.25) is 11.9 Å². The van der Waals surface area contributed by atoms with Crippen molar-refractivity contribution < 1.29 is 9.59 Å². The van der Waals surface area contributed by atoms with Crippen LogP contribution in [0, 0.1) is 0 Å². The molecule has 1 saturated heterocycles. The summed E-state index contributed by atoms with van der Waals surface area (Å²) >= 11 is 0. The zero-order valence-corrected chi connectivity index (χ0v) is 18.0. The molecule has 0 unspecified atom stereocenters. The molecule has 0 radical (unpaired) electrons. The Labute approximate surface area is 182 Å². The average Bonchev–Trinajstić information content (AvgIpc) is 2.77. The van der Waals surface area contributed by atoms with Crippen LogP contribution >= 0.6 is 0 Å². The van der Waals surface area contributed by atoms with Gasteiger partial charge in [-0.05, 0) is 49.0 Å². The summed E-state index contributed by atoms with van der Waals surface area (Å²) in [5, 5.41) is 14.2. The normalized spacial score (nSPS) is 16.1. The van der Waals surface area contributed by atoms with E-state index in [2.05, 4.69) is 46.2 Å². The zero-order valence-electron chi connectivity index (χ0n) is 18.0. The Hall–Kier alpha value is -3.49. The van der Waals surface area contributed by atoms with Crippen LogP contribution in [-0.2, 0) is 4.79 Å². The summed E-state index contributed by atoms with van der Waals surface area (Å²) in [4.78, 5) is 30.1. The van der Waals surface area contributed by atoms with Crippen molar-refractivity contribution in [2.45, 2.75) is 45.1 Å². The number of benzene rings is 1. The summed E-state index contributed by atoms with van der Waals surface area (Å²) in [6, 6.07) is 7.93. The van der Waals surface area contributed by atoms with Gasteiger partial charge in [0.25, 0.3) is 5.91 Å². The monoisotopic (exact) mass is 423 g/mol. The van der Waals surface area contributed by atoms with Crippen LogP contribution in [-0.4, -0.2) is 46.1 Å². The second-order valence-electron chi connectivity index (χ2n) is 7.87. The van der Waals surface area contributed by atoms with Crippen molar-refractivity contribution in [3.05, 3.63) is 48.2 Å². The van der Waals surface area contributed by atoms with Crippen molar-refractivity contribution in [1.82, 2.24) is 20.5 Å². The smallest absolute Gasteiger partial charge is 0.273 e. The van der Waals surface area contributed by atoms with Crippen LogP contribution in [0.3, 0.4) is 0 Å². The Kier molecular flexibility index (Phi) is 7.17. The van der Waals surface area contributed by atoms with Crippen molar-refractivity contribution >= 4 is 29.3 Å². The maximum absolute atomic E-state index is 11.9. The van der Waals surface area contributed by atoms with Crippen LogP contribution in [0.4, 0.5) is 17.5 Å². The molecular formula is C22H29N7O2. The standard InChI is InChI=1S/C22H29N7O2/c1-4-18(30)24-13-17-7-5-6-12-29(17)22-26-21(19(20(23)31)27-28-22)25-16-10-8-15(9-11-16)14(2)3/h4,8-11,14,17H,1,5-7,12-13H2,2-3H3,(H2,23,31)(H,24,30)(H,25,26,28)/t17-/m0/s1. The molecule has 1 aliphatic rings. The largest absolute Gasteiger partial charge is 0.364 e. The first-order chi connectivity index (χ1) is 14.9. The van der Waals surface area contributed by atoms with Crippen LogP contribution in [0.5, 0.6) is 0 Å². The Morgan fingerprint density at radius 2 is 2.00 bits per heavy atom. The fraction of sp³-hybridized carbons (Fsp3) is 0.409. The number of carbonyl (C=O) groups is 2. The number of hydrogen-bond acceptors (Lipinski definition) is 7. The summed E-state index contributed by atoms with van der Waals surface area (Å²) in [5.41, 5.74) is 7.45. The van der Waals surface area contributed by atoms with Crippen molar-refractivity contribution in [2.24, 2.45) is 5.73 Å². The number of hydrogen-bond donors (Lipinski definition) is 3. The maximum Gasteiger partial charge on any atom is 0.273 e. The van der Waals surface area contributed by atoms with Crippen LogP contribution in [0.1, 0.15) is 55.1 Å². The molecule has 164 valence electrons. The van der Waals surface area contributed by atoms with E-state index in [1.165, 1.54) is 11.6 Å². The SMILES string of the molecule is C=CC(=O)NC[C@@H]1CCCCN1c1nnc(C(N)=O)c(Nc2ccc(C(C)C)cc2)n1. The topological polar surface area (TPSA) is 126 Å². The number of piperidine rings is 1. The first-order valence-corrected chi connectivity index (χ1v) is 10.5. The van der Waals surface area contributed by atoms with Gasteiger partial charge < -0.3 is 21.3 Å². The molecule has 1 aromatic heterocycles. The molecule has 31 heavy (non-hydrogen) atoms. The van der Waals surface area contributed by atoms with E-state index in [4.69, 9.17) is 5.73 Å². The van der Waals surface area contributed by atoms with Gasteiger partial charge >= 0.3 is 0 Å². The van der Waals surface area contributed by atoms with E-state index in [0.29, 0.717) is 18.4 Å². The molecule has 1 aliphatic heterocycles. The summed E-state index contributed by atoms with van der Waals surface area (Å²) in [6.45, 7) is 8.91. The summed E-state index contributed by atoms with van der Waals surface area (Å²) in [6.07, 6.45) is 4.16. The number of nitrogens with zero attached hydrogens (tertiary/aromatic N) is 4. The number of amides is 2. The molecule has 0 saturated carbocycles. The van der Waals surface area contributed by atoms with Crippen molar-refractivity contribution in [3.63, 3.8) is 0 Å². The number of rotatable bonds is 8. The van der Waals surface area contributed by atoms with Gasteiger partial charge in [0.05, 0.1) is 0 Å². The van der Waals surface area contributed by atoms with Crippen molar-refractivity contribution in [2.75, 3.05) is 23.3 Å². The first-order valence-electron chi connectivity index (χ1n) is 10.5. The Morgan fingerprint density at radius 1 is 1.26 bits per heavy atom. The lowest BCUT2D eigenvalue weighted by Crippen LogP contribution is -2.47. The molecule has 9 heteroatoms. The number of nitrogens with one attached hydrogen (secondary N) is 2. The fourth-order valence-corrected chi connectivity index (χ4v) is 3.55. The van der Waals surface area contributed by atoms with Gasteiger partial charge in [0, 0.05) is 24.8 Å². The lowest BCUT2D eigenvalue weighted by molar-refractivity contribution is -0.116. The minimum Gasteiger partial charge on any atom is -0.364 e. The van der Waals surface area contributed by atoms with E-state index in [-0.39, 0.29) is 23.5 Å². The van der Waals surface area contributed by atoms with Gasteiger partial charge in [0.15, 0.2) is 11.5 Å². The van der Waals surface area contributed by atoms with E-state index >= 15 is 0 Å². The maximum atomic E-state index is 11.9. The molecule has 3 rings (SSSR count). The molecule has 1 aromatic carbocycles. The third kappa shape index (κ3) is 5.56. The van der Waals surface area contributed by atoms with E-state index in [1.807, 2.05) is 29.2 Å². The molecule has 1 atom stereocenters. The zero-order chi connectivity index (χ0) is 22.4. The van der Waals surface area contributed by atoms with Gasteiger partial charge in [-0.15, -0.1) is 10.2 Å². The molecule has 4 N–H and O–H groups in total. The molecule has 2 aromatic rings. The molecule has 0 bridgehead atoms. The lowest BCUT2D eigenvalue weighted by Gasteiger charge is -2.35. The van der Waals surface area contributed by atoms with Crippen LogP contribution in [0.2, 0.25) is 0 Å². The van der Waals surface area contributed by atoms with E-state index in [9.17, 15) is 9.59 Å². The summed E-state index contributed by atoms with van der Waals surface area (Å²) in [5.74, 6) is 0.139. The van der Waals surface area contributed by atoms with E-state index < -0.39 is 5.91 Å². The van der Waals surface area contributed by atoms with Crippen molar-refractivity contribution in [1.29, 1.82) is 0 Å². The van der Waals surface area contributed by atoms with E-state index in [1.54, 1.807) is 0 Å². The van der Waals surface area contributed by atoms with Crippen LogP contribution in [0.15, 0.2) is 36.9 Å². The second-order valence-corrected chi connectivity index (χ2v) is 7.87. The minimum absolute atomic E-state index is 0.0230. The highest BCUT2D eigenvalue weighted by molar-refractivity contribution is 5.96. The number of anilines is 3. The third-order valence-corrected chi connectivity index (χ3v) is 5.33. The van der Waals surface area contributed by atoms with Crippen LogP contribution in [0.25, 0.3) is 0 Å². The molecule has 9 nitrogen and oxygen atoms in total. The number of primary amides is 1. The van der Waals surface area contributed by atoms with Gasteiger partial charge in [-0.1, -0.05) is 32.6 Å². The van der Waals surface area contributed by atoms with Gasteiger partial charge in [-0.3, -0.25) is 9.59 Å². The highest BCUT2D eigenvalue weighted by Crippen LogP contribution is 2.25. The molecule has 2 amide bonds. The molecule has 2 heterocycles. The van der Waals surface area contributed by atoms with E-state index in [0.717, 1.165) is 31.5 Å². The molecule has 0 spiro atoms. The van der Waals surface area contributed by atoms with Crippen molar-refractivity contribution in [3.8, 4) is 0 Å². The molecular weight excluding hydrogens is 394 g/mol. The predicted octanol–water partition coefficient (Wildman–Crippen LogP) is 2.50. The number of nitrogens with two attached hydrogens (primary N) is 1. The van der Waals surface area contributed by atoms with Gasteiger partial charge in [-0.25, -0.2) is 0 Å². The average molecular weight is 424 g/mol. The van der Waals surface area contributed by atoms with Gasteiger partial charge in [0.1, 0.15) is 0 Å². The summed E-state index contributed by atoms with van der Waals surface area (Å²) < 4.78 is 0. The molecule has 0 aliphatic carbocycles.